The maximum atomic E-state index is 12.2. The number of nitrogens with zero attached hydrogens (tertiary/aromatic N) is 1. The van der Waals surface area contributed by atoms with Gasteiger partial charge in [-0.05, 0) is 42.3 Å². The second-order valence-corrected chi connectivity index (χ2v) is 9.12. The van der Waals surface area contributed by atoms with Gasteiger partial charge in [0.1, 0.15) is 13.2 Å². The summed E-state index contributed by atoms with van der Waals surface area (Å²) in [4.78, 5) is 24.1. The van der Waals surface area contributed by atoms with Gasteiger partial charge in [0.15, 0.2) is 18.1 Å². The summed E-state index contributed by atoms with van der Waals surface area (Å²) in [5.41, 5.74) is 1.02. The van der Waals surface area contributed by atoms with E-state index >= 15 is 0 Å². The van der Waals surface area contributed by atoms with Gasteiger partial charge in [0.2, 0.25) is 10.0 Å². The molecule has 2 aromatic rings. The Morgan fingerprint density at radius 2 is 1.81 bits per heavy atom. The number of sulfonamides is 1. The number of benzene rings is 2. The van der Waals surface area contributed by atoms with Gasteiger partial charge in [-0.25, -0.2) is 17.5 Å². The summed E-state index contributed by atoms with van der Waals surface area (Å²) in [6.07, 6.45) is 0.570. The number of ether oxygens (including phenoxy) is 3. The summed E-state index contributed by atoms with van der Waals surface area (Å²) in [6.45, 7) is 0.913. The molecule has 1 N–H and O–H groups in total. The van der Waals surface area contributed by atoms with Gasteiger partial charge in [-0.2, -0.15) is 0 Å². The Labute approximate surface area is 181 Å². The van der Waals surface area contributed by atoms with Crippen LogP contribution in [-0.2, 0) is 26.0 Å². The fraction of sp³-hybridized carbons (Fsp3) is 0.333. The quantitative estimate of drug-likeness (QED) is 0.605. The van der Waals surface area contributed by atoms with Crippen LogP contribution >= 0.6 is 0 Å². The second kappa shape index (κ2) is 9.80. The molecule has 1 aliphatic rings. The standard InChI is InChI=1S/C21H24N2O7S/c1-23(2)31(26,27)17-5-3-4-16(13-17)21(25)30-14-20(24)22-9-8-15-6-7-18-19(12-15)29-11-10-28-18/h3-7,12-13H,8-11,14H2,1-2H3,(H,22,24). The lowest BCUT2D eigenvalue weighted by Gasteiger charge is -2.18. The fourth-order valence-corrected chi connectivity index (χ4v) is 3.80. The van der Waals surface area contributed by atoms with Crippen LogP contribution in [0, 0.1) is 0 Å². The number of hydrogen-bond donors (Lipinski definition) is 1. The van der Waals surface area contributed by atoms with Gasteiger partial charge in [-0.1, -0.05) is 12.1 Å². The van der Waals surface area contributed by atoms with Crippen LogP contribution in [0.5, 0.6) is 11.5 Å². The number of carbonyl (C=O) groups is 2. The first kappa shape index (κ1) is 22.6. The lowest BCUT2D eigenvalue weighted by Crippen LogP contribution is -2.30. The number of carbonyl (C=O) groups excluding carboxylic acids is 2. The van der Waals surface area contributed by atoms with Crippen LogP contribution in [-0.4, -0.2) is 65.1 Å². The minimum Gasteiger partial charge on any atom is -0.486 e. The fourth-order valence-electron chi connectivity index (χ4n) is 2.85. The molecule has 0 spiro atoms. The molecule has 0 saturated carbocycles. The van der Waals surface area contributed by atoms with E-state index in [1.165, 1.54) is 38.4 Å². The van der Waals surface area contributed by atoms with E-state index in [0.717, 1.165) is 9.87 Å². The molecule has 10 heteroatoms. The first-order chi connectivity index (χ1) is 14.8. The Kier molecular flexibility index (Phi) is 7.13. The first-order valence-corrected chi connectivity index (χ1v) is 11.1. The van der Waals surface area contributed by atoms with Gasteiger partial charge in [-0.15, -0.1) is 0 Å². The van der Waals surface area contributed by atoms with Crippen molar-refractivity contribution >= 4 is 21.9 Å². The van der Waals surface area contributed by atoms with E-state index in [2.05, 4.69) is 5.32 Å². The van der Waals surface area contributed by atoms with E-state index in [1.54, 1.807) is 0 Å². The van der Waals surface area contributed by atoms with Crippen molar-refractivity contribution in [3.05, 3.63) is 53.6 Å². The van der Waals surface area contributed by atoms with Gasteiger partial charge in [0.25, 0.3) is 5.91 Å². The molecule has 0 atom stereocenters. The molecule has 1 heterocycles. The van der Waals surface area contributed by atoms with Crippen molar-refractivity contribution in [1.82, 2.24) is 9.62 Å². The average molecular weight is 448 g/mol. The van der Waals surface area contributed by atoms with E-state index < -0.39 is 28.5 Å². The third-order valence-corrected chi connectivity index (χ3v) is 6.34. The highest BCUT2D eigenvalue weighted by atomic mass is 32.2. The minimum absolute atomic E-state index is 0.0316. The van der Waals surface area contributed by atoms with Crippen molar-refractivity contribution in [1.29, 1.82) is 0 Å². The summed E-state index contributed by atoms with van der Waals surface area (Å²) >= 11 is 0. The molecule has 0 aliphatic carbocycles. The Hall–Kier alpha value is -3.11. The smallest absolute Gasteiger partial charge is 0.338 e. The summed E-state index contributed by atoms with van der Waals surface area (Å²) in [7, 11) is -0.882. The van der Waals surface area contributed by atoms with Crippen molar-refractivity contribution in [3.63, 3.8) is 0 Å². The Balaban J connectivity index is 1.47. The van der Waals surface area contributed by atoms with Crippen LogP contribution in [0.1, 0.15) is 15.9 Å². The van der Waals surface area contributed by atoms with Crippen LogP contribution in [0.2, 0.25) is 0 Å². The van der Waals surface area contributed by atoms with Gasteiger partial charge >= 0.3 is 5.97 Å². The third-order valence-electron chi connectivity index (χ3n) is 4.53. The zero-order valence-corrected chi connectivity index (χ0v) is 18.1. The van der Waals surface area contributed by atoms with Crippen molar-refractivity contribution < 1.29 is 32.2 Å². The summed E-state index contributed by atoms with van der Waals surface area (Å²) < 4.78 is 41.4. The summed E-state index contributed by atoms with van der Waals surface area (Å²) in [5, 5.41) is 2.68. The number of nitrogens with one attached hydrogen (secondary N) is 1. The lowest BCUT2D eigenvalue weighted by molar-refractivity contribution is -0.124. The van der Waals surface area contributed by atoms with E-state index in [-0.39, 0.29) is 10.5 Å². The largest absolute Gasteiger partial charge is 0.486 e. The molecule has 166 valence electrons. The molecule has 0 saturated heterocycles. The highest BCUT2D eigenvalue weighted by Gasteiger charge is 2.19. The molecular weight excluding hydrogens is 424 g/mol. The van der Waals surface area contributed by atoms with Crippen LogP contribution in [0.4, 0.5) is 0 Å². The Morgan fingerprint density at radius 1 is 1.06 bits per heavy atom. The number of hydrogen-bond acceptors (Lipinski definition) is 7. The monoisotopic (exact) mass is 448 g/mol. The Bertz CT molecular complexity index is 1070. The van der Waals surface area contributed by atoms with Gasteiger partial charge in [0.05, 0.1) is 10.5 Å². The van der Waals surface area contributed by atoms with Crippen molar-refractivity contribution in [2.75, 3.05) is 40.5 Å². The molecule has 1 aliphatic heterocycles. The van der Waals surface area contributed by atoms with Crippen LogP contribution in [0.3, 0.4) is 0 Å². The molecule has 0 aromatic heterocycles. The lowest BCUT2D eigenvalue weighted by atomic mass is 10.1. The summed E-state index contributed by atoms with van der Waals surface area (Å²) in [6, 6.07) is 11.1. The molecule has 0 bridgehead atoms. The molecule has 31 heavy (non-hydrogen) atoms. The number of fused-ring (bicyclic) bond motifs is 1. The van der Waals surface area contributed by atoms with Crippen LogP contribution in [0.25, 0.3) is 0 Å². The van der Waals surface area contributed by atoms with Crippen molar-refractivity contribution in [2.24, 2.45) is 0 Å². The molecule has 1 amide bonds. The van der Waals surface area contributed by atoms with E-state index in [0.29, 0.717) is 37.7 Å². The van der Waals surface area contributed by atoms with Gasteiger partial charge in [-0.3, -0.25) is 4.79 Å². The third kappa shape index (κ3) is 5.74. The molecule has 2 aromatic carbocycles. The zero-order chi connectivity index (χ0) is 22.4. The maximum absolute atomic E-state index is 12.2. The van der Waals surface area contributed by atoms with Crippen LogP contribution < -0.4 is 14.8 Å². The predicted octanol–water partition coefficient (Wildman–Crippen LogP) is 1.22. The van der Waals surface area contributed by atoms with Crippen molar-refractivity contribution in [2.45, 2.75) is 11.3 Å². The van der Waals surface area contributed by atoms with Crippen LogP contribution in [0.15, 0.2) is 47.4 Å². The topological polar surface area (TPSA) is 111 Å². The number of amides is 1. The second-order valence-electron chi connectivity index (χ2n) is 6.97. The molecule has 0 unspecified atom stereocenters. The van der Waals surface area contributed by atoms with E-state index in [4.69, 9.17) is 14.2 Å². The first-order valence-electron chi connectivity index (χ1n) is 9.62. The van der Waals surface area contributed by atoms with E-state index in [1.807, 2.05) is 18.2 Å². The summed E-state index contributed by atoms with van der Waals surface area (Å²) in [5.74, 6) is 0.150. The minimum atomic E-state index is -3.68. The number of rotatable bonds is 8. The zero-order valence-electron chi connectivity index (χ0n) is 17.3. The molecule has 0 radical (unpaired) electrons. The molecular formula is C21H24N2O7S. The highest BCUT2D eigenvalue weighted by Crippen LogP contribution is 2.30. The van der Waals surface area contributed by atoms with Crippen molar-refractivity contribution in [3.8, 4) is 11.5 Å². The molecule has 3 rings (SSSR count). The molecule has 0 fully saturated rings. The van der Waals surface area contributed by atoms with E-state index in [9.17, 15) is 18.0 Å². The Morgan fingerprint density at radius 3 is 2.55 bits per heavy atom. The maximum Gasteiger partial charge on any atom is 0.338 e. The van der Waals surface area contributed by atoms with Gasteiger partial charge in [0, 0.05) is 20.6 Å². The number of esters is 1. The van der Waals surface area contributed by atoms with Gasteiger partial charge < -0.3 is 19.5 Å². The predicted molar refractivity (Wildman–Crippen MR) is 112 cm³/mol. The average Bonchev–Trinajstić information content (AvgIpc) is 2.77. The molecule has 9 nitrogen and oxygen atoms in total. The highest BCUT2D eigenvalue weighted by molar-refractivity contribution is 7.89. The SMILES string of the molecule is CN(C)S(=O)(=O)c1cccc(C(=O)OCC(=O)NCCc2ccc3c(c2)OCCO3)c1. The normalized spacial score (nSPS) is 13.0.